The van der Waals surface area contributed by atoms with Gasteiger partial charge in [0.05, 0.1) is 0 Å². The molecule has 0 radical (unpaired) electrons. The maximum atomic E-state index is 10.8. The summed E-state index contributed by atoms with van der Waals surface area (Å²) in [5.74, 6) is 5.71. The molecule has 0 rings (SSSR count). The number of carbonyl (C=O) groups excluding carboxylic acids is 1. The van der Waals surface area contributed by atoms with E-state index in [1.54, 1.807) is 18.7 Å². The molecular formula is C8H13NOS. The van der Waals surface area contributed by atoms with Gasteiger partial charge in [0.25, 0.3) is 5.91 Å². The topological polar surface area (TPSA) is 29.1 Å². The lowest BCUT2D eigenvalue weighted by Gasteiger charge is -2.08. The van der Waals surface area contributed by atoms with E-state index in [4.69, 9.17) is 0 Å². The van der Waals surface area contributed by atoms with E-state index in [1.165, 1.54) is 0 Å². The molecule has 0 aromatic rings. The van der Waals surface area contributed by atoms with Crippen molar-refractivity contribution >= 4 is 17.7 Å². The van der Waals surface area contributed by atoms with E-state index >= 15 is 0 Å². The normalized spacial score (nSPS) is 11.2. The fraction of sp³-hybridized carbons (Fsp3) is 0.625. The Kier molecular flexibility index (Phi) is 5.77. The number of hydrogen-bond acceptors (Lipinski definition) is 2. The van der Waals surface area contributed by atoms with Crippen molar-refractivity contribution in [3.63, 3.8) is 0 Å². The fourth-order valence-electron chi connectivity index (χ4n) is 0.665. The van der Waals surface area contributed by atoms with E-state index in [1.807, 2.05) is 13.2 Å². The molecule has 62 valence electrons. The van der Waals surface area contributed by atoms with Gasteiger partial charge >= 0.3 is 0 Å². The molecule has 0 aliphatic carbocycles. The average Bonchev–Trinajstić information content (AvgIpc) is 1.87. The minimum absolute atomic E-state index is 0.186. The Balaban J connectivity index is 3.63. The molecular weight excluding hydrogens is 158 g/mol. The van der Waals surface area contributed by atoms with Crippen LogP contribution in [-0.2, 0) is 4.79 Å². The van der Waals surface area contributed by atoms with E-state index in [2.05, 4.69) is 17.2 Å². The Morgan fingerprint density at radius 3 is 2.82 bits per heavy atom. The highest BCUT2D eigenvalue weighted by atomic mass is 32.2. The van der Waals surface area contributed by atoms with Crippen molar-refractivity contribution in [2.24, 2.45) is 0 Å². The molecule has 0 saturated heterocycles. The number of carbonyl (C=O) groups is 1. The van der Waals surface area contributed by atoms with Crippen molar-refractivity contribution in [2.75, 3.05) is 12.0 Å². The largest absolute Gasteiger partial charge is 0.342 e. The van der Waals surface area contributed by atoms with Crippen LogP contribution in [0.5, 0.6) is 0 Å². The van der Waals surface area contributed by atoms with Crippen molar-refractivity contribution in [1.29, 1.82) is 0 Å². The summed E-state index contributed by atoms with van der Waals surface area (Å²) < 4.78 is 0. The van der Waals surface area contributed by atoms with Crippen LogP contribution in [0.25, 0.3) is 0 Å². The third-order valence-corrected chi connectivity index (χ3v) is 1.87. The third kappa shape index (κ3) is 5.81. The molecule has 0 saturated carbocycles. The van der Waals surface area contributed by atoms with Crippen molar-refractivity contribution in [3.05, 3.63) is 0 Å². The van der Waals surface area contributed by atoms with Crippen LogP contribution in [-0.4, -0.2) is 24.0 Å². The Morgan fingerprint density at radius 2 is 2.36 bits per heavy atom. The van der Waals surface area contributed by atoms with Crippen molar-refractivity contribution in [3.8, 4) is 11.8 Å². The van der Waals surface area contributed by atoms with Gasteiger partial charge in [-0.25, -0.2) is 0 Å². The second kappa shape index (κ2) is 6.11. The van der Waals surface area contributed by atoms with Gasteiger partial charge in [-0.15, -0.1) is 0 Å². The molecule has 0 aromatic heterocycles. The lowest BCUT2D eigenvalue weighted by molar-refractivity contribution is -0.116. The van der Waals surface area contributed by atoms with Gasteiger partial charge in [0.15, 0.2) is 0 Å². The highest BCUT2D eigenvalue weighted by molar-refractivity contribution is 7.98. The Morgan fingerprint density at radius 1 is 1.73 bits per heavy atom. The fourth-order valence-corrected chi connectivity index (χ4v) is 1.25. The summed E-state index contributed by atoms with van der Waals surface area (Å²) in [5, 5.41) is 2.75. The Bertz CT molecular complexity index is 180. The zero-order chi connectivity index (χ0) is 8.69. The van der Waals surface area contributed by atoms with Gasteiger partial charge in [-0.2, -0.15) is 11.8 Å². The first-order valence-electron chi connectivity index (χ1n) is 3.43. The van der Waals surface area contributed by atoms with Crippen LogP contribution >= 0.6 is 11.8 Å². The molecule has 11 heavy (non-hydrogen) atoms. The zero-order valence-electron chi connectivity index (χ0n) is 7.10. The minimum Gasteiger partial charge on any atom is -0.342 e. The summed E-state index contributed by atoms with van der Waals surface area (Å²) in [6.45, 7) is 3.62. The predicted octanol–water partition coefficient (Wildman–Crippen LogP) is 0.877. The highest BCUT2D eigenvalue weighted by Gasteiger charge is 2.02. The smallest absolute Gasteiger partial charge is 0.296 e. The number of hydrogen-bond donors (Lipinski definition) is 1. The summed E-state index contributed by atoms with van der Waals surface area (Å²) >= 11 is 1.71. The summed E-state index contributed by atoms with van der Waals surface area (Å²) in [6.07, 6.45) is 2.01. The van der Waals surface area contributed by atoms with Crippen LogP contribution in [0.3, 0.4) is 0 Å². The number of amides is 1. The molecule has 1 atom stereocenters. The van der Waals surface area contributed by atoms with Gasteiger partial charge in [-0.3, -0.25) is 4.79 Å². The van der Waals surface area contributed by atoms with Gasteiger partial charge < -0.3 is 5.32 Å². The maximum Gasteiger partial charge on any atom is 0.296 e. The van der Waals surface area contributed by atoms with Crippen LogP contribution in [0.1, 0.15) is 13.8 Å². The van der Waals surface area contributed by atoms with Gasteiger partial charge in [0.1, 0.15) is 0 Å². The van der Waals surface area contributed by atoms with Crippen molar-refractivity contribution < 1.29 is 4.79 Å². The molecule has 0 aliphatic rings. The summed E-state index contributed by atoms with van der Waals surface area (Å²) in [5.41, 5.74) is 0. The summed E-state index contributed by atoms with van der Waals surface area (Å²) in [4.78, 5) is 10.8. The highest BCUT2D eigenvalue weighted by Crippen LogP contribution is 1.94. The molecule has 0 aromatic carbocycles. The molecule has 3 heteroatoms. The third-order valence-electron chi connectivity index (χ3n) is 1.03. The standard InChI is InChI=1S/C8H13NOS/c1-4-5-8(10)9-7(2)6-11-3/h7H,6H2,1-3H3,(H,9,10). The molecule has 1 N–H and O–H groups in total. The molecule has 1 unspecified atom stereocenters. The van der Waals surface area contributed by atoms with Crippen LogP contribution in [0, 0.1) is 11.8 Å². The second-order valence-electron chi connectivity index (χ2n) is 2.20. The molecule has 0 fully saturated rings. The first-order chi connectivity index (χ1) is 5.20. The number of nitrogens with one attached hydrogen (secondary N) is 1. The molecule has 0 spiro atoms. The lowest BCUT2D eigenvalue weighted by atomic mass is 10.4. The van der Waals surface area contributed by atoms with Crippen molar-refractivity contribution in [2.45, 2.75) is 19.9 Å². The quantitative estimate of drug-likeness (QED) is 0.639. The van der Waals surface area contributed by atoms with Gasteiger partial charge in [-0.1, -0.05) is 5.92 Å². The Hall–Kier alpha value is -0.620. The van der Waals surface area contributed by atoms with Gasteiger partial charge in [0, 0.05) is 11.8 Å². The van der Waals surface area contributed by atoms with Crippen LogP contribution < -0.4 is 5.32 Å². The molecule has 0 bridgehead atoms. The summed E-state index contributed by atoms with van der Waals surface area (Å²) in [7, 11) is 0. The second-order valence-corrected chi connectivity index (χ2v) is 3.12. The molecule has 2 nitrogen and oxygen atoms in total. The van der Waals surface area contributed by atoms with Gasteiger partial charge in [0.2, 0.25) is 0 Å². The zero-order valence-corrected chi connectivity index (χ0v) is 7.92. The lowest BCUT2D eigenvalue weighted by Crippen LogP contribution is -2.33. The van der Waals surface area contributed by atoms with E-state index in [0.717, 1.165) is 5.75 Å². The number of thioether (sulfide) groups is 1. The van der Waals surface area contributed by atoms with Crippen molar-refractivity contribution in [1.82, 2.24) is 5.32 Å². The summed E-state index contributed by atoms with van der Waals surface area (Å²) in [6, 6.07) is 0.207. The first kappa shape index (κ1) is 10.4. The average molecular weight is 171 g/mol. The predicted molar refractivity (Wildman–Crippen MR) is 49.4 cm³/mol. The van der Waals surface area contributed by atoms with Crippen LogP contribution in [0.4, 0.5) is 0 Å². The Labute approximate surface area is 72.1 Å². The van der Waals surface area contributed by atoms with E-state index in [9.17, 15) is 4.79 Å². The van der Waals surface area contributed by atoms with Gasteiger partial charge in [-0.05, 0) is 26.0 Å². The molecule has 0 heterocycles. The number of rotatable bonds is 3. The van der Waals surface area contributed by atoms with E-state index < -0.39 is 0 Å². The first-order valence-corrected chi connectivity index (χ1v) is 4.82. The van der Waals surface area contributed by atoms with E-state index in [-0.39, 0.29) is 11.9 Å². The van der Waals surface area contributed by atoms with Crippen LogP contribution in [0.15, 0.2) is 0 Å². The van der Waals surface area contributed by atoms with E-state index in [0.29, 0.717) is 0 Å². The SMILES string of the molecule is CC#CC(=O)NC(C)CSC. The van der Waals surface area contributed by atoms with Crippen LogP contribution in [0.2, 0.25) is 0 Å². The monoisotopic (exact) mass is 171 g/mol. The molecule has 1 amide bonds. The molecule has 0 aliphatic heterocycles. The minimum atomic E-state index is -0.186. The maximum absolute atomic E-state index is 10.8.